The molecular weight excluding hydrogens is 186 g/mol. The number of aliphatic carboxylic acids is 1. The first-order chi connectivity index (χ1) is 6.52. The van der Waals surface area contributed by atoms with Gasteiger partial charge < -0.3 is 15.2 Å². The van der Waals surface area contributed by atoms with Crippen LogP contribution in [-0.2, 0) is 14.3 Å². The minimum absolute atomic E-state index is 0.00667. The molecule has 0 bridgehead atoms. The number of hydrogen-bond donors (Lipinski definition) is 2. The first-order valence-corrected chi connectivity index (χ1v) is 4.28. The Balaban J connectivity index is 2.24. The highest BCUT2D eigenvalue weighted by atomic mass is 16.5. The van der Waals surface area contributed by atoms with Crippen molar-refractivity contribution < 1.29 is 19.4 Å². The van der Waals surface area contributed by atoms with Crippen molar-refractivity contribution in [1.82, 2.24) is 5.32 Å². The molecule has 0 aliphatic carbocycles. The van der Waals surface area contributed by atoms with Crippen LogP contribution >= 0.6 is 0 Å². The summed E-state index contributed by atoms with van der Waals surface area (Å²) in [6.45, 7) is 3.78. The van der Waals surface area contributed by atoms with E-state index in [1.807, 2.05) is 6.92 Å². The van der Waals surface area contributed by atoms with Gasteiger partial charge >= 0.3 is 5.97 Å². The molecule has 1 amide bonds. The molecule has 0 spiro atoms. The highest BCUT2D eigenvalue weighted by molar-refractivity contribution is 5.93. The van der Waals surface area contributed by atoms with E-state index >= 15 is 0 Å². The monoisotopic (exact) mass is 199 g/mol. The molecule has 1 aliphatic rings. The number of hydrogen-bond acceptors (Lipinski definition) is 3. The fourth-order valence-corrected chi connectivity index (χ4v) is 1.06. The van der Waals surface area contributed by atoms with Gasteiger partial charge in [-0.3, -0.25) is 4.79 Å². The van der Waals surface area contributed by atoms with Crippen LogP contribution in [0.25, 0.3) is 0 Å². The lowest BCUT2D eigenvalue weighted by molar-refractivity contribution is -0.132. The van der Waals surface area contributed by atoms with E-state index in [0.29, 0.717) is 19.8 Å². The van der Waals surface area contributed by atoms with E-state index in [2.05, 4.69) is 5.32 Å². The largest absolute Gasteiger partial charge is 0.478 e. The topological polar surface area (TPSA) is 75.6 Å². The Labute approximate surface area is 81.7 Å². The van der Waals surface area contributed by atoms with Crippen LogP contribution in [-0.4, -0.2) is 36.7 Å². The molecule has 1 saturated heterocycles. The molecule has 5 nitrogen and oxygen atoms in total. The molecule has 0 aromatic rings. The highest BCUT2D eigenvalue weighted by Gasteiger charge is 2.33. The van der Waals surface area contributed by atoms with Gasteiger partial charge in [-0.05, 0) is 0 Å². The van der Waals surface area contributed by atoms with Crippen LogP contribution < -0.4 is 5.32 Å². The van der Waals surface area contributed by atoms with Gasteiger partial charge in [0.2, 0.25) is 5.91 Å². The van der Waals surface area contributed by atoms with Crippen molar-refractivity contribution in [3.63, 3.8) is 0 Å². The van der Waals surface area contributed by atoms with Gasteiger partial charge in [-0.15, -0.1) is 0 Å². The molecule has 0 aromatic heterocycles. The van der Waals surface area contributed by atoms with Crippen molar-refractivity contribution in [2.24, 2.45) is 5.41 Å². The molecule has 0 atom stereocenters. The Morgan fingerprint density at radius 1 is 1.50 bits per heavy atom. The molecule has 0 radical (unpaired) electrons. The number of carboxylic acids is 1. The maximum Gasteiger partial charge on any atom is 0.328 e. The molecule has 1 heterocycles. The predicted octanol–water partition coefficient (Wildman–Crippen LogP) is -0.220. The van der Waals surface area contributed by atoms with Gasteiger partial charge in [0.1, 0.15) is 0 Å². The third kappa shape index (κ3) is 3.18. The van der Waals surface area contributed by atoms with E-state index in [4.69, 9.17) is 9.84 Å². The van der Waals surface area contributed by atoms with Crippen LogP contribution in [0.5, 0.6) is 0 Å². The van der Waals surface area contributed by atoms with E-state index in [1.54, 1.807) is 0 Å². The van der Waals surface area contributed by atoms with Crippen molar-refractivity contribution in [3.05, 3.63) is 12.2 Å². The van der Waals surface area contributed by atoms with Gasteiger partial charge in [0.25, 0.3) is 0 Å². The molecule has 78 valence electrons. The normalized spacial score (nSPS) is 18.9. The Kier molecular flexibility index (Phi) is 3.24. The summed E-state index contributed by atoms with van der Waals surface area (Å²) in [6.07, 6.45) is 1.82. The third-order valence-electron chi connectivity index (χ3n) is 1.97. The fraction of sp³-hybridized carbons (Fsp3) is 0.556. The summed E-state index contributed by atoms with van der Waals surface area (Å²) in [5.41, 5.74) is 0.00667. The number of carbonyl (C=O) groups excluding carboxylic acids is 1. The smallest absolute Gasteiger partial charge is 0.328 e. The summed E-state index contributed by atoms with van der Waals surface area (Å²) in [4.78, 5) is 21.1. The van der Waals surface area contributed by atoms with Crippen LogP contribution in [0.1, 0.15) is 6.92 Å². The summed E-state index contributed by atoms with van der Waals surface area (Å²) in [5.74, 6) is -1.51. The van der Waals surface area contributed by atoms with Crippen molar-refractivity contribution in [2.45, 2.75) is 6.92 Å². The lowest BCUT2D eigenvalue weighted by atomic mass is 9.89. The zero-order valence-corrected chi connectivity index (χ0v) is 7.95. The van der Waals surface area contributed by atoms with Crippen LogP contribution in [0.2, 0.25) is 0 Å². The lowest BCUT2D eigenvalue weighted by Crippen LogP contribution is -2.48. The van der Waals surface area contributed by atoms with E-state index in [1.165, 1.54) is 0 Å². The van der Waals surface area contributed by atoms with Gasteiger partial charge in [0.15, 0.2) is 0 Å². The SMILES string of the molecule is CC1(CNC(=O)C=CC(=O)O)COC1. The molecule has 5 heteroatoms. The molecule has 0 aromatic carbocycles. The Morgan fingerprint density at radius 2 is 2.14 bits per heavy atom. The lowest BCUT2D eigenvalue weighted by Gasteiger charge is -2.37. The molecule has 2 N–H and O–H groups in total. The average molecular weight is 199 g/mol. The zero-order chi connectivity index (χ0) is 10.6. The number of rotatable bonds is 4. The van der Waals surface area contributed by atoms with Crippen LogP contribution in [0, 0.1) is 5.41 Å². The van der Waals surface area contributed by atoms with Crippen molar-refractivity contribution in [2.75, 3.05) is 19.8 Å². The number of amides is 1. The van der Waals surface area contributed by atoms with Gasteiger partial charge in [0.05, 0.1) is 13.2 Å². The second-order valence-corrected chi connectivity index (χ2v) is 3.69. The van der Waals surface area contributed by atoms with Gasteiger partial charge in [-0.2, -0.15) is 0 Å². The number of ether oxygens (including phenoxy) is 1. The van der Waals surface area contributed by atoms with E-state index in [9.17, 15) is 9.59 Å². The van der Waals surface area contributed by atoms with Gasteiger partial charge in [-0.1, -0.05) is 6.92 Å². The minimum Gasteiger partial charge on any atom is -0.478 e. The number of carbonyl (C=O) groups is 2. The summed E-state index contributed by atoms with van der Waals surface area (Å²) in [5, 5.41) is 10.9. The number of carboxylic acid groups (broad SMARTS) is 1. The fourth-order valence-electron chi connectivity index (χ4n) is 1.06. The van der Waals surface area contributed by atoms with E-state index in [0.717, 1.165) is 12.2 Å². The maximum atomic E-state index is 11.0. The second-order valence-electron chi connectivity index (χ2n) is 3.69. The van der Waals surface area contributed by atoms with Crippen molar-refractivity contribution in [3.8, 4) is 0 Å². The highest BCUT2D eigenvalue weighted by Crippen LogP contribution is 2.24. The summed E-state index contributed by atoms with van der Waals surface area (Å²) < 4.78 is 5.00. The summed E-state index contributed by atoms with van der Waals surface area (Å²) >= 11 is 0. The Morgan fingerprint density at radius 3 is 2.57 bits per heavy atom. The second kappa shape index (κ2) is 4.23. The molecule has 1 rings (SSSR count). The van der Waals surface area contributed by atoms with Crippen molar-refractivity contribution >= 4 is 11.9 Å². The standard InChI is InChI=1S/C9H13NO4/c1-9(5-14-6-9)4-10-7(11)2-3-8(12)13/h2-3H,4-6H2,1H3,(H,10,11)(H,12,13). The molecule has 14 heavy (non-hydrogen) atoms. The quantitative estimate of drug-likeness (QED) is 0.614. The Bertz CT molecular complexity index is 268. The van der Waals surface area contributed by atoms with Crippen LogP contribution in [0.15, 0.2) is 12.2 Å². The zero-order valence-electron chi connectivity index (χ0n) is 7.95. The van der Waals surface area contributed by atoms with E-state index < -0.39 is 5.97 Å². The maximum absolute atomic E-state index is 11.0. The predicted molar refractivity (Wildman–Crippen MR) is 48.7 cm³/mol. The van der Waals surface area contributed by atoms with Gasteiger partial charge in [-0.25, -0.2) is 4.79 Å². The van der Waals surface area contributed by atoms with E-state index in [-0.39, 0.29) is 11.3 Å². The third-order valence-corrected chi connectivity index (χ3v) is 1.97. The van der Waals surface area contributed by atoms with Crippen molar-refractivity contribution in [1.29, 1.82) is 0 Å². The molecular formula is C9H13NO4. The Hall–Kier alpha value is -1.36. The number of nitrogens with one attached hydrogen (secondary N) is 1. The first-order valence-electron chi connectivity index (χ1n) is 4.28. The molecule has 0 saturated carbocycles. The van der Waals surface area contributed by atoms with Gasteiger partial charge in [0, 0.05) is 24.1 Å². The van der Waals surface area contributed by atoms with Crippen LogP contribution in [0.3, 0.4) is 0 Å². The molecule has 0 unspecified atom stereocenters. The molecule has 1 fully saturated rings. The minimum atomic E-state index is -1.13. The summed E-state index contributed by atoms with van der Waals surface area (Å²) in [6, 6.07) is 0. The average Bonchev–Trinajstić information content (AvgIpc) is 2.08. The first kappa shape index (κ1) is 10.7. The molecule has 1 aliphatic heterocycles. The van der Waals surface area contributed by atoms with Crippen LogP contribution in [0.4, 0.5) is 0 Å². The summed E-state index contributed by atoms with van der Waals surface area (Å²) in [7, 11) is 0.